The van der Waals surface area contributed by atoms with Crippen LogP contribution in [0.1, 0.15) is 26.3 Å². The van der Waals surface area contributed by atoms with Crippen molar-refractivity contribution in [1.29, 1.82) is 0 Å². The zero-order valence-electron chi connectivity index (χ0n) is 11.8. The summed E-state index contributed by atoms with van der Waals surface area (Å²) in [6, 6.07) is 8.81. The predicted molar refractivity (Wildman–Crippen MR) is 78.1 cm³/mol. The molecule has 3 heteroatoms. The fraction of sp³-hybridized carbons (Fsp3) is 0.600. The molecule has 100 valence electrons. The van der Waals surface area contributed by atoms with Gasteiger partial charge in [-0.15, -0.1) is 0 Å². The van der Waals surface area contributed by atoms with Crippen LogP contribution in [-0.2, 0) is 5.41 Å². The van der Waals surface area contributed by atoms with E-state index in [1.807, 2.05) is 0 Å². The molecule has 1 fully saturated rings. The average Bonchev–Trinajstić information content (AvgIpc) is 2.37. The van der Waals surface area contributed by atoms with Gasteiger partial charge in [0, 0.05) is 31.9 Å². The Labute approximate surface area is 111 Å². The molecular formula is C15H25N3. The van der Waals surface area contributed by atoms with E-state index in [2.05, 4.69) is 60.6 Å². The molecule has 1 aliphatic rings. The topological polar surface area (TPSA) is 27.3 Å². The van der Waals surface area contributed by atoms with Gasteiger partial charge in [0.05, 0.1) is 6.67 Å². The van der Waals surface area contributed by atoms with E-state index in [1.54, 1.807) is 0 Å². The summed E-state index contributed by atoms with van der Waals surface area (Å²) in [6.45, 7) is 12.1. The highest BCUT2D eigenvalue weighted by Crippen LogP contribution is 2.23. The number of hydrogen-bond donors (Lipinski definition) is 2. The van der Waals surface area contributed by atoms with E-state index >= 15 is 0 Å². The molecular weight excluding hydrogens is 222 g/mol. The summed E-state index contributed by atoms with van der Waals surface area (Å²) in [5.41, 5.74) is 2.83. The van der Waals surface area contributed by atoms with E-state index in [4.69, 9.17) is 0 Å². The number of benzene rings is 1. The summed E-state index contributed by atoms with van der Waals surface area (Å²) in [5, 5.41) is 6.86. The highest BCUT2D eigenvalue weighted by atomic mass is 15.3. The van der Waals surface area contributed by atoms with Crippen molar-refractivity contribution in [2.75, 3.05) is 38.2 Å². The van der Waals surface area contributed by atoms with E-state index in [0.29, 0.717) is 0 Å². The number of anilines is 1. The number of hydrogen-bond acceptors (Lipinski definition) is 3. The zero-order valence-corrected chi connectivity index (χ0v) is 11.8. The Morgan fingerprint density at radius 3 is 2.28 bits per heavy atom. The van der Waals surface area contributed by atoms with Crippen LogP contribution in [0.4, 0.5) is 5.69 Å². The molecule has 2 N–H and O–H groups in total. The SMILES string of the molecule is CC(C)(C)c1ccc(NCN2CCNCC2)cc1. The molecule has 2 rings (SSSR count). The maximum atomic E-state index is 3.49. The van der Waals surface area contributed by atoms with E-state index in [9.17, 15) is 0 Å². The van der Waals surface area contributed by atoms with Crippen molar-refractivity contribution in [3.8, 4) is 0 Å². The summed E-state index contributed by atoms with van der Waals surface area (Å²) in [7, 11) is 0. The Morgan fingerprint density at radius 2 is 1.72 bits per heavy atom. The maximum Gasteiger partial charge on any atom is 0.0679 e. The molecule has 1 aromatic carbocycles. The first-order valence-corrected chi connectivity index (χ1v) is 6.83. The van der Waals surface area contributed by atoms with Gasteiger partial charge in [-0.25, -0.2) is 0 Å². The van der Waals surface area contributed by atoms with Gasteiger partial charge in [0.15, 0.2) is 0 Å². The van der Waals surface area contributed by atoms with Crippen LogP contribution in [0, 0.1) is 0 Å². The molecule has 0 saturated carbocycles. The second-order valence-electron chi connectivity index (χ2n) is 6.03. The molecule has 0 unspecified atom stereocenters. The van der Waals surface area contributed by atoms with Crippen molar-refractivity contribution >= 4 is 5.69 Å². The van der Waals surface area contributed by atoms with Gasteiger partial charge in [-0.05, 0) is 23.1 Å². The molecule has 0 aromatic heterocycles. The average molecular weight is 247 g/mol. The molecule has 1 aromatic rings. The first kappa shape index (κ1) is 13.4. The van der Waals surface area contributed by atoms with Crippen molar-refractivity contribution < 1.29 is 0 Å². The molecule has 1 saturated heterocycles. The highest BCUT2D eigenvalue weighted by Gasteiger charge is 2.13. The lowest BCUT2D eigenvalue weighted by atomic mass is 9.87. The van der Waals surface area contributed by atoms with Crippen molar-refractivity contribution in [1.82, 2.24) is 10.2 Å². The van der Waals surface area contributed by atoms with Crippen LogP contribution < -0.4 is 10.6 Å². The van der Waals surface area contributed by atoms with Crippen LogP contribution in [0.2, 0.25) is 0 Å². The first-order valence-electron chi connectivity index (χ1n) is 6.83. The number of piperazine rings is 1. The normalized spacial score (nSPS) is 17.7. The molecule has 3 nitrogen and oxygen atoms in total. The molecule has 0 radical (unpaired) electrons. The van der Waals surface area contributed by atoms with Gasteiger partial charge < -0.3 is 10.6 Å². The second-order valence-corrected chi connectivity index (χ2v) is 6.03. The number of nitrogens with one attached hydrogen (secondary N) is 2. The minimum atomic E-state index is 0.233. The molecule has 0 aliphatic carbocycles. The largest absolute Gasteiger partial charge is 0.372 e. The highest BCUT2D eigenvalue weighted by molar-refractivity contribution is 5.45. The Kier molecular flexibility index (Phi) is 4.25. The summed E-state index contributed by atoms with van der Waals surface area (Å²) >= 11 is 0. The fourth-order valence-electron chi connectivity index (χ4n) is 2.16. The molecule has 0 spiro atoms. The van der Waals surface area contributed by atoms with Crippen molar-refractivity contribution in [3.63, 3.8) is 0 Å². The van der Waals surface area contributed by atoms with Gasteiger partial charge >= 0.3 is 0 Å². The molecule has 0 atom stereocenters. The van der Waals surface area contributed by atoms with Gasteiger partial charge in [0.25, 0.3) is 0 Å². The van der Waals surface area contributed by atoms with Crippen LogP contribution in [0.3, 0.4) is 0 Å². The van der Waals surface area contributed by atoms with Gasteiger partial charge in [0.2, 0.25) is 0 Å². The van der Waals surface area contributed by atoms with E-state index in [0.717, 1.165) is 32.8 Å². The molecule has 0 amide bonds. The summed E-state index contributed by atoms with van der Waals surface area (Å²) in [6.07, 6.45) is 0. The second kappa shape index (κ2) is 5.72. The van der Waals surface area contributed by atoms with Gasteiger partial charge in [0.1, 0.15) is 0 Å². The Hall–Kier alpha value is -1.06. The third-order valence-corrected chi connectivity index (χ3v) is 3.47. The van der Waals surface area contributed by atoms with Crippen molar-refractivity contribution in [2.24, 2.45) is 0 Å². The standard InChI is InChI=1S/C15H25N3/c1-15(2,3)13-4-6-14(7-5-13)17-12-18-10-8-16-9-11-18/h4-7,16-17H,8-12H2,1-3H3. The molecule has 0 bridgehead atoms. The third-order valence-electron chi connectivity index (χ3n) is 3.47. The monoisotopic (exact) mass is 247 g/mol. The quantitative estimate of drug-likeness (QED) is 0.858. The Morgan fingerprint density at radius 1 is 1.11 bits per heavy atom. The molecule has 18 heavy (non-hydrogen) atoms. The number of nitrogens with zero attached hydrogens (tertiary/aromatic N) is 1. The minimum absolute atomic E-state index is 0.233. The lowest BCUT2D eigenvalue weighted by molar-refractivity contribution is 0.256. The molecule has 1 aliphatic heterocycles. The predicted octanol–water partition coefficient (Wildman–Crippen LogP) is 2.26. The molecule has 1 heterocycles. The first-order chi connectivity index (χ1) is 8.55. The zero-order chi connectivity index (χ0) is 13.0. The van der Waals surface area contributed by atoms with Crippen LogP contribution >= 0.6 is 0 Å². The maximum absolute atomic E-state index is 3.49. The number of rotatable bonds is 3. The third kappa shape index (κ3) is 3.72. The lowest BCUT2D eigenvalue weighted by Crippen LogP contribution is -2.45. The van der Waals surface area contributed by atoms with E-state index < -0.39 is 0 Å². The summed E-state index contributed by atoms with van der Waals surface area (Å²) < 4.78 is 0. The Bertz CT molecular complexity index is 358. The summed E-state index contributed by atoms with van der Waals surface area (Å²) in [4.78, 5) is 2.44. The van der Waals surface area contributed by atoms with E-state index in [1.165, 1.54) is 11.3 Å². The fourth-order valence-corrected chi connectivity index (χ4v) is 2.16. The van der Waals surface area contributed by atoms with Crippen molar-refractivity contribution in [3.05, 3.63) is 29.8 Å². The van der Waals surface area contributed by atoms with Crippen molar-refractivity contribution in [2.45, 2.75) is 26.2 Å². The van der Waals surface area contributed by atoms with Gasteiger partial charge in [-0.3, -0.25) is 4.90 Å². The van der Waals surface area contributed by atoms with Gasteiger partial charge in [-0.1, -0.05) is 32.9 Å². The van der Waals surface area contributed by atoms with Crippen LogP contribution in [-0.4, -0.2) is 37.7 Å². The minimum Gasteiger partial charge on any atom is -0.372 e. The Balaban J connectivity index is 1.86. The van der Waals surface area contributed by atoms with Crippen LogP contribution in [0.15, 0.2) is 24.3 Å². The van der Waals surface area contributed by atoms with E-state index in [-0.39, 0.29) is 5.41 Å². The van der Waals surface area contributed by atoms with Crippen LogP contribution in [0.25, 0.3) is 0 Å². The van der Waals surface area contributed by atoms with Crippen LogP contribution in [0.5, 0.6) is 0 Å². The summed E-state index contributed by atoms with van der Waals surface area (Å²) in [5.74, 6) is 0. The van der Waals surface area contributed by atoms with Gasteiger partial charge in [-0.2, -0.15) is 0 Å². The smallest absolute Gasteiger partial charge is 0.0679 e. The lowest BCUT2D eigenvalue weighted by Gasteiger charge is -2.27.